The largest absolute Gasteiger partial charge is 0.494 e. The van der Waals surface area contributed by atoms with Gasteiger partial charge in [0.25, 0.3) is 0 Å². The number of nitrogens with zero attached hydrogens (tertiary/aromatic N) is 2. The number of hydrogen-bond donors (Lipinski definition) is 1. The molecule has 106 valence electrons. The van der Waals surface area contributed by atoms with E-state index in [2.05, 4.69) is 0 Å². The van der Waals surface area contributed by atoms with Gasteiger partial charge in [0.2, 0.25) is 0 Å². The summed E-state index contributed by atoms with van der Waals surface area (Å²) in [5.41, 5.74) is 6.19. The maximum Gasteiger partial charge on any atom is 0.333 e. The number of hydrogen-bond acceptors (Lipinski definition) is 5. The fourth-order valence-electron chi connectivity index (χ4n) is 1.79. The summed E-state index contributed by atoms with van der Waals surface area (Å²) in [4.78, 5) is 36.1. The van der Waals surface area contributed by atoms with E-state index in [0.717, 1.165) is 9.80 Å². The second kappa shape index (κ2) is 5.60. The van der Waals surface area contributed by atoms with Crippen LogP contribution in [0.25, 0.3) is 0 Å². The van der Waals surface area contributed by atoms with E-state index in [1.54, 1.807) is 24.3 Å². The van der Waals surface area contributed by atoms with Crippen molar-refractivity contribution in [1.29, 1.82) is 0 Å². The topological polar surface area (TPSA) is 92.9 Å². The molecule has 1 aliphatic heterocycles. The predicted molar refractivity (Wildman–Crippen MR) is 70.8 cm³/mol. The van der Waals surface area contributed by atoms with Crippen LogP contribution in [0.2, 0.25) is 0 Å². The summed E-state index contributed by atoms with van der Waals surface area (Å²) in [6.07, 6.45) is 0.447. The number of rotatable bonds is 5. The van der Waals surface area contributed by atoms with Gasteiger partial charge in [-0.2, -0.15) is 0 Å². The zero-order valence-electron chi connectivity index (χ0n) is 11.0. The number of urea groups is 1. The Labute approximate surface area is 115 Å². The first-order chi connectivity index (χ1) is 9.50. The Morgan fingerprint density at radius 1 is 1.10 bits per heavy atom. The van der Waals surface area contributed by atoms with Crippen molar-refractivity contribution in [1.82, 2.24) is 9.80 Å². The Morgan fingerprint density at radius 3 is 2.30 bits per heavy atom. The molecule has 4 amide bonds. The van der Waals surface area contributed by atoms with E-state index >= 15 is 0 Å². The highest BCUT2D eigenvalue weighted by Crippen LogP contribution is 2.14. The summed E-state index contributed by atoms with van der Waals surface area (Å²) in [5.74, 6) is -0.925. The number of nitrogens with two attached hydrogens (primary N) is 1. The molecule has 1 heterocycles. The van der Waals surface area contributed by atoms with Gasteiger partial charge in [-0.1, -0.05) is 0 Å². The summed E-state index contributed by atoms with van der Waals surface area (Å²) in [6, 6.07) is 6.32. The van der Waals surface area contributed by atoms with Gasteiger partial charge < -0.3 is 10.5 Å². The number of carbonyl (C=O) groups is 3. The molecule has 20 heavy (non-hydrogen) atoms. The lowest BCUT2D eigenvalue weighted by Gasteiger charge is -2.13. The number of nitrogen functional groups attached to an aromatic ring is 1. The van der Waals surface area contributed by atoms with Gasteiger partial charge in [-0.15, -0.1) is 0 Å². The van der Waals surface area contributed by atoms with E-state index in [4.69, 9.17) is 10.5 Å². The van der Waals surface area contributed by atoms with Gasteiger partial charge in [-0.05, 0) is 30.7 Å². The van der Waals surface area contributed by atoms with E-state index in [1.807, 2.05) is 0 Å². The van der Waals surface area contributed by atoms with E-state index in [-0.39, 0.29) is 6.54 Å². The van der Waals surface area contributed by atoms with Crippen LogP contribution in [-0.4, -0.2) is 47.8 Å². The van der Waals surface area contributed by atoms with Crippen LogP contribution in [0.4, 0.5) is 10.5 Å². The third-order valence-corrected chi connectivity index (χ3v) is 2.93. The van der Waals surface area contributed by atoms with Gasteiger partial charge >= 0.3 is 17.8 Å². The summed E-state index contributed by atoms with van der Waals surface area (Å²) in [6.45, 7) is 0.488. The zero-order valence-corrected chi connectivity index (χ0v) is 11.0. The van der Waals surface area contributed by atoms with Crippen molar-refractivity contribution in [3.8, 4) is 5.75 Å². The molecule has 7 nitrogen and oxygen atoms in total. The van der Waals surface area contributed by atoms with E-state index in [1.165, 1.54) is 7.05 Å². The van der Waals surface area contributed by atoms with Crippen LogP contribution in [0.5, 0.6) is 5.75 Å². The fourth-order valence-corrected chi connectivity index (χ4v) is 1.79. The van der Waals surface area contributed by atoms with Crippen molar-refractivity contribution in [2.24, 2.45) is 0 Å². The molecule has 0 unspecified atom stereocenters. The molecule has 0 aromatic heterocycles. The van der Waals surface area contributed by atoms with Gasteiger partial charge in [0.1, 0.15) is 5.75 Å². The third kappa shape index (κ3) is 2.71. The molecule has 0 aliphatic carbocycles. The minimum Gasteiger partial charge on any atom is -0.494 e. The maximum absolute atomic E-state index is 11.6. The zero-order chi connectivity index (χ0) is 14.7. The minimum absolute atomic E-state index is 0.155. The summed E-state index contributed by atoms with van der Waals surface area (Å²) in [5, 5.41) is 0. The van der Waals surface area contributed by atoms with Crippen molar-refractivity contribution >= 4 is 23.5 Å². The van der Waals surface area contributed by atoms with E-state index in [9.17, 15) is 14.4 Å². The van der Waals surface area contributed by atoms with Crippen molar-refractivity contribution in [3.63, 3.8) is 0 Å². The lowest BCUT2D eigenvalue weighted by atomic mass is 10.3. The van der Waals surface area contributed by atoms with Crippen LogP contribution in [0.3, 0.4) is 0 Å². The normalized spacial score (nSPS) is 15.2. The summed E-state index contributed by atoms with van der Waals surface area (Å²) < 4.78 is 5.44. The fraction of sp³-hybridized carbons (Fsp3) is 0.308. The van der Waals surface area contributed by atoms with Crippen molar-refractivity contribution in [2.45, 2.75) is 6.42 Å². The molecule has 7 heteroatoms. The molecule has 1 fully saturated rings. The number of benzene rings is 1. The SMILES string of the molecule is CN1C(=O)C(=O)N(CCCOc2ccc(N)cc2)C1=O. The first kappa shape index (κ1) is 13.9. The first-order valence-corrected chi connectivity index (χ1v) is 6.12. The highest BCUT2D eigenvalue weighted by atomic mass is 16.5. The van der Waals surface area contributed by atoms with Crippen LogP contribution >= 0.6 is 0 Å². The number of imide groups is 2. The minimum atomic E-state index is -0.797. The van der Waals surface area contributed by atoms with Crippen molar-refractivity contribution in [2.75, 3.05) is 25.9 Å². The van der Waals surface area contributed by atoms with Crippen molar-refractivity contribution < 1.29 is 19.1 Å². The Hall–Kier alpha value is -2.57. The maximum atomic E-state index is 11.6. The van der Waals surface area contributed by atoms with Crippen LogP contribution in [0, 0.1) is 0 Å². The molecule has 0 bridgehead atoms. The highest BCUT2D eigenvalue weighted by Gasteiger charge is 2.41. The monoisotopic (exact) mass is 277 g/mol. The van der Waals surface area contributed by atoms with Crippen LogP contribution in [0.1, 0.15) is 6.42 Å². The van der Waals surface area contributed by atoms with Gasteiger partial charge in [0, 0.05) is 19.3 Å². The Bertz CT molecular complexity index is 541. The lowest BCUT2D eigenvalue weighted by Crippen LogP contribution is -2.33. The molecular formula is C13H15N3O4. The van der Waals surface area contributed by atoms with Crippen LogP contribution in [0.15, 0.2) is 24.3 Å². The Kier molecular flexibility index (Phi) is 3.88. The summed E-state index contributed by atoms with van der Waals surface area (Å²) >= 11 is 0. The molecule has 1 aromatic carbocycles. The number of anilines is 1. The molecule has 1 aliphatic rings. The number of carbonyl (C=O) groups excluding carboxylic acids is 3. The standard InChI is InChI=1S/C13H15N3O4/c1-15-11(17)12(18)16(13(15)19)7-2-8-20-10-5-3-9(14)4-6-10/h3-6H,2,7-8,14H2,1H3. The molecular weight excluding hydrogens is 262 g/mol. The Morgan fingerprint density at radius 2 is 1.75 bits per heavy atom. The molecule has 2 N–H and O–H groups in total. The Balaban J connectivity index is 1.79. The van der Waals surface area contributed by atoms with Gasteiger partial charge in [0.15, 0.2) is 0 Å². The molecule has 0 spiro atoms. The van der Waals surface area contributed by atoms with Gasteiger partial charge in [0.05, 0.1) is 6.61 Å². The van der Waals surface area contributed by atoms with Crippen LogP contribution in [-0.2, 0) is 9.59 Å². The number of ether oxygens (including phenoxy) is 1. The van der Waals surface area contributed by atoms with Crippen LogP contribution < -0.4 is 10.5 Å². The van der Waals surface area contributed by atoms with E-state index in [0.29, 0.717) is 24.5 Å². The molecule has 0 radical (unpaired) electrons. The average molecular weight is 277 g/mol. The second-order valence-electron chi connectivity index (χ2n) is 4.37. The molecule has 0 saturated carbocycles. The summed E-state index contributed by atoms with van der Waals surface area (Å²) in [7, 11) is 1.29. The number of amides is 4. The first-order valence-electron chi connectivity index (χ1n) is 6.12. The molecule has 0 atom stereocenters. The van der Waals surface area contributed by atoms with Gasteiger partial charge in [-0.3, -0.25) is 19.4 Å². The smallest absolute Gasteiger partial charge is 0.333 e. The average Bonchev–Trinajstić information content (AvgIpc) is 2.62. The molecule has 1 aromatic rings. The van der Waals surface area contributed by atoms with Gasteiger partial charge in [-0.25, -0.2) is 4.79 Å². The third-order valence-electron chi connectivity index (χ3n) is 2.93. The highest BCUT2D eigenvalue weighted by molar-refractivity contribution is 6.44. The lowest BCUT2D eigenvalue weighted by molar-refractivity contribution is -0.142. The second-order valence-corrected chi connectivity index (χ2v) is 4.37. The quantitative estimate of drug-likeness (QED) is 0.365. The molecule has 1 saturated heterocycles. The van der Waals surface area contributed by atoms with E-state index < -0.39 is 17.8 Å². The predicted octanol–water partition coefficient (Wildman–Crippen LogP) is 0.458. The molecule has 2 rings (SSSR count). The van der Waals surface area contributed by atoms with Crippen molar-refractivity contribution in [3.05, 3.63) is 24.3 Å². The number of likely N-dealkylation sites (N-methyl/N-ethyl adjacent to an activating group) is 1.